The van der Waals surface area contributed by atoms with Crippen LogP contribution in [0, 0.1) is 0 Å². The van der Waals surface area contributed by atoms with Crippen LogP contribution in [0.25, 0.3) is 0 Å². The Kier molecular flexibility index (Phi) is 4.91. The number of ether oxygens (including phenoxy) is 1. The molecule has 0 fully saturated rings. The van der Waals surface area contributed by atoms with E-state index in [9.17, 15) is 4.79 Å². The first-order chi connectivity index (χ1) is 8.81. The van der Waals surface area contributed by atoms with Crippen molar-refractivity contribution in [1.82, 2.24) is 10.9 Å². The Labute approximate surface area is 114 Å². The van der Waals surface area contributed by atoms with E-state index in [1.165, 1.54) is 0 Å². The number of methoxy groups -OCH3 is 1. The number of benzene rings is 1. The minimum absolute atomic E-state index is 0.0137. The third kappa shape index (κ3) is 3.68. The molecule has 0 bridgehead atoms. The molecule has 1 aromatic carbocycles. The maximum atomic E-state index is 11.8. The molecule has 106 valence electrons. The molecule has 1 unspecified atom stereocenters. The fraction of sp³-hybridized carbons (Fsp3) is 0.500. The molecule has 0 aliphatic rings. The Balaban J connectivity index is 3.19. The van der Waals surface area contributed by atoms with Gasteiger partial charge in [0.2, 0.25) is 0 Å². The number of nitrogens with one attached hydrogen (secondary N) is 2. The van der Waals surface area contributed by atoms with Crippen molar-refractivity contribution in [3.8, 4) is 5.75 Å². The SMILES string of the molecule is CNNC(=O)C(N)c1cc(C(C)(C)C)ccc1OC. The highest BCUT2D eigenvalue weighted by Crippen LogP contribution is 2.30. The smallest absolute Gasteiger partial charge is 0.255 e. The van der Waals surface area contributed by atoms with Gasteiger partial charge in [-0.25, -0.2) is 5.43 Å². The van der Waals surface area contributed by atoms with Crippen molar-refractivity contribution in [2.45, 2.75) is 32.2 Å². The van der Waals surface area contributed by atoms with Gasteiger partial charge in [-0.2, -0.15) is 0 Å². The van der Waals surface area contributed by atoms with Crippen LogP contribution in [0.4, 0.5) is 0 Å². The van der Waals surface area contributed by atoms with Crippen molar-refractivity contribution in [2.75, 3.05) is 14.2 Å². The molecular weight excluding hydrogens is 242 g/mol. The zero-order chi connectivity index (χ0) is 14.6. The van der Waals surface area contributed by atoms with Gasteiger partial charge in [0.1, 0.15) is 11.8 Å². The minimum Gasteiger partial charge on any atom is -0.496 e. The van der Waals surface area contributed by atoms with Gasteiger partial charge < -0.3 is 10.5 Å². The van der Waals surface area contributed by atoms with E-state index in [0.29, 0.717) is 11.3 Å². The molecule has 1 aromatic rings. The Morgan fingerprint density at radius 1 is 1.37 bits per heavy atom. The lowest BCUT2D eigenvalue weighted by Gasteiger charge is -2.22. The maximum Gasteiger partial charge on any atom is 0.255 e. The number of hydrogen-bond donors (Lipinski definition) is 3. The fourth-order valence-corrected chi connectivity index (χ4v) is 1.79. The van der Waals surface area contributed by atoms with Crippen molar-refractivity contribution >= 4 is 5.91 Å². The number of nitrogens with two attached hydrogens (primary N) is 1. The third-order valence-electron chi connectivity index (χ3n) is 2.96. The van der Waals surface area contributed by atoms with Crippen molar-refractivity contribution in [3.05, 3.63) is 29.3 Å². The van der Waals surface area contributed by atoms with E-state index >= 15 is 0 Å². The van der Waals surface area contributed by atoms with Gasteiger partial charge in [0, 0.05) is 12.6 Å². The zero-order valence-corrected chi connectivity index (χ0v) is 12.2. The Bertz CT molecular complexity index is 452. The van der Waals surface area contributed by atoms with E-state index in [1.54, 1.807) is 14.2 Å². The number of hydrogen-bond acceptors (Lipinski definition) is 4. The molecule has 1 rings (SSSR count). The number of amides is 1. The molecule has 0 saturated heterocycles. The van der Waals surface area contributed by atoms with Crippen molar-refractivity contribution in [2.24, 2.45) is 5.73 Å². The van der Waals surface area contributed by atoms with Crippen LogP contribution in [0.1, 0.15) is 37.9 Å². The predicted molar refractivity (Wildman–Crippen MR) is 75.8 cm³/mol. The van der Waals surface area contributed by atoms with E-state index in [2.05, 4.69) is 31.6 Å². The largest absolute Gasteiger partial charge is 0.496 e. The van der Waals surface area contributed by atoms with Gasteiger partial charge >= 0.3 is 0 Å². The Morgan fingerprint density at radius 3 is 2.47 bits per heavy atom. The van der Waals surface area contributed by atoms with Gasteiger partial charge in [0.25, 0.3) is 5.91 Å². The standard InChI is InChI=1S/C14H23N3O2/c1-14(2,3)9-6-7-11(19-5)10(8-9)12(15)13(18)17-16-4/h6-8,12,16H,15H2,1-5H3,(H,17,18). The summed E-state index contributed by atoms with van der Waals surface area (Å²) in [7, 11) is 3.19. The van der Waals surface area contributed by atoms with Crippen LogP contribution < -0.4 is 21.3 Å². The van der Waals surface area contributed by atoms with Crippen LogP contribution in [-0.4, -0.2) is 20.1 Å². The fourth-order valence-electron chi connectivity index (χ4n) is 1.79. The van der Waals surface area contributed by atoms with Crippen LogP contribution in [0.15, 0.2) is 18.2 Å². The molecule has 0 aliphatic carbocycles. The lowest BCUT2D eigenvalue weighted by atomic mass is 9.85. The summed E-state index contributed by atoms with van der Waals surface area (Å²) in [6.07, 6.45) is 0. The lowest BCUT2D eigenvalue weighted by Crippen LogP contribution is -2.41. The average molecular weight is 265 g/mol. The Hall–Kier alpha value is -1.59. The van der Waals surface area contributed by atoms with Gasteiger partial charge in [0.15, 0.2) is 0 Å². The van der Waals surface area contributed by atoms with Gasteiger partial charge in [0.05, 0.1) is 7.11 Å². The lowest BCUT2D eigenvalue weighted by molar-refractivity contribution is -0.123. The zero-order valence-electron chi connectivity index (χ0n) is 12.2. The molecule has 0 aliphatic heterocycles. The van der Waals surface area contributed by atoms with Crippen molar-refractivity contribution < 1.29 is 9.53 Å². The minimum atomic E-state index is -0.773. The van der Waals surface area contributed by atoms with Crippen LogP contribution in [0.3, 0.4) is 0 Å². The van der Waals surface area contributed by atoms with Gasteiger partial charge in [-0.3, -0.25) is 10.2 Å². The molecule has 0 saturated carbocycles. The molecule has 0 aromatic heterocycles. The summed E-state index contributed by atoms with van der Waals surface area (Å²) < 4.78 is 5.28. The van der Waals surface area contributed by atoms with Crippen LogP contribution in [-0.2, 0) is 10.2 Å². The summed E-state index contributed by atoms with van der Waals surface area (Å²) in [6.45, 7) is 6.33. The van der Waals surface area contributed by atoms with Crippen LogP contribution in [0.2, 0.25) is 0 Å². The van der Waals surface area contributed by atoms with Crippen molar-refractivity contribution in [3.63, 3.8) is 0 Å². The highest BCUT2D eigenvalue weighted by atomic mass is 16.5. The number of carbonyl (C=O) groups excluding carboxylic acids is 1. The second-order valence-electron chi connectivity index (χ2n) is 5.42. The van der Waals surface area contributed by atoms with Gasteiger partial charge in [-0.05, 0) is 23.1 Å². The second-order valence-corrected chi connectivity index (χ2v) is 5.42. The first kappa shape index (κ1) is 15.5. The topological polar surface area (TPSA) is 76.4 Å². The van der Waals surface area contributed by atoms with Crippen molar-refractivity contribution in [1.29, 1.82) is 0 Å². The highest BCUT2D eigenvalue weighted by Gasteiger charge is 2.22. The number of rotatable bonds is 4. The molecule has 0 radical (unpaired) electrons. The molecule has 1 amide bonds. The third-order valence-corrected chi connectivity index (χ3v) is 2.96. The first-order valence-corrected chi connectivity index (χ1v) is 6.22. The molecule has 5 heteroatoms. The van der Waals surface area contributed by atoms with E-state index in [0.717, 1.165) is 5.56 Å². The van der Waals surface area contributed by atoms with Gasteiger partial charge in [-0.1, -0.05) is 26.8 Å². The summed E-state index contributed by atoms with van der Waals surface area (Å²) in [5.74, 6) is 0.318. The van der Waals surface area contributed by atoms with Crippen LogP contribution >= 0.6 is 0 Å². The number of carbonyl (C=O) groups is 1. The maximum absolute atomic E-state index is 11.8. The van der Waals surface area contributed by atoms with E-state index < -0.39 is 6.04 Å². The Morgan fingerprint density at radius 2 is 2.00 bits per heavy atom. The molecule has 0 spiro atoms. The second kappa shape index (κ2) is 6.04. The molecule has 4 N–H and O–H groups in total. The van der Waals surface area contributed by atoms with Crippen LogP contribution in [0.5, 0.6) is 5.75 Å². The summed E-state index contributed by atoms with van der Waals surface area (Å²) in [6, 6.07) is 5.00. The molecule has 19 heavy (non-hydrogen) atoms. The summed E-state index contributed by atoms with van der Waals surface area (Å²) in [4.78, 5) is 11.8. The quantitative estimate of drug-likeness (QED) is 0.716. The summed E-state index contributed by atoms with van der Waals surface area (Å²) >= 11 is 0. The summed E-state index contributed by atoms with van der Waals surface area (Å²) in [5, 5.41) is 0. The van der Waals surface area contributed by atoms with E-state index in [4.69, 9.17) is 10.5 Å². The van der Waals surface area contributed by atoms with E-state index in [1.807, 2.05) is 18.2 Å². The molecule has 0 heterocycles. The molecule has 5 nitrogen and oxygen atoms in total. The highest BCUT2D eigenvalue weighted by molar-refractivity contribution is 5.83. The molecule has 1 atom stereocenters. The van der Waals surface area contributed by atoms with E-state index in [-0.39, 0.29) is 11.3 Å². The normalized spacial score (nSPS) is 12.9. The number of hydrazine groups is 1. The summed E-state index contributed by atoms with van der Waals surface area (Å²) in [5.41, 5.74) is 12.8. The van der Waals surface area contributed by atoms with Gasteiger partial charge in [-0.15, -0.1) is 0 Å². The first-order valence-electron chi connectivity index (χ1n) is 6.22. The monoisotopic (exact) mass is 265 g/mol. The molecular formula is C14H23N3O2. The predicted octanol–water partition coefficient (Wildman–Crippen LogP) is 1.24. The average Bonchev–Trinajstić information content (AvgIpc) is 2.36.